The van der Waals surface area contributed by atoms with Crippen LogP contribution in [0.4, 0.5) is 20.6 Å². The molecule has 9 heteroatoms. The van der Waals surface area contributed by atoms with Crippen LogP contribution in [0.25, 0.3) is 11.3 Å². The van der Waals surface area contributed by atoms with Crippen molar-refractivity contribution in [3.63, 3.8) is 0 Å². The van der Waals surface area contributed by atoms with Gasteiger partial charge < -0.3 is 15.4 Å². The third-order valence-corrected chi connectivity index (χ3v) is 4.84. The number of carbonyl (C=O) groups is 1. The van der Waals surface area contributed by atoms with E-state index in [1.807, 2.05) is 33.2 Å². The van der Waals surface area contributed by atoms with Gasteiger partial charge in [0, 0.05) is 43.3 Å². The fourth-order valence-corrected chi connectivity index (χ4v) is 3.11. The first-order valence-electron chi connectivity index (χ1n) is 10.3. The molecule has 0 bridgehead atoms. The molecule has 1 aromatic carbocycles. The lowest BCUT2D eigenvalue weighted by Gasteiger charge is -2.12. The van der Waals surface area contributed by atoms with Crippen LogP contribution in [0.15, 0.2) is 67.4 Å². The molecule has 0 radical (unpaired) electrons. The predicted octanol–water partition coefficient (Wildman–Crippen LogP) is 5.58. The molecule has 2 amide bonds. The maximum Gasteiger partial charge on any atom is 0.323 e. The number of halogens is 1. The molecular formula is C24H23FN6O2. The molecule has 0 aliphatic rings. The molecule has 0 atom stereocenters. The number of benzene rings is 1. The zero-order valence-electron chi connectivity index (χ0n) is 18.4. The van der Waals surface area contributed by atoms with E-state index in [4.69, 9.17) is 4.74 Å². The molecule has 4 rings (SSSR count). The first-order chi connectivity index (χ1) is 15.9. The molecule has 0 spiro atoms. The molecule has 3 heterocycles. The highest BCUT2D eigenvalue weighted by Crippen LogP contribution is 2.28. The number of carbonyl (C=O) groups excluding carboxylic acids is 1. The van der Waals surface area contributed by atoms with E-state index in [1.54, 1.807) is 35.4 Å². The number of hydrogen-bond donors (Lipinski definition) is 2. The minimum atomic E-state index is -0.587. The van der Waals surface area contributed by atoms with Crippen LogP contribution in [0.1, 0.15) is 25.3 Å². The highest BCUT2D eigenvalue weighted by molar-refractivity contribution is 5.99. The number of nitrogens with zero attached hydrogens (tertiary/aromatic N) is 4. The van der Waals surface area contributed by atoms with Gasteiger partial charge in [0.05, 0.1) is 29.5 Å². The number of urea groups is 1. The van der Waals surface area contributed by atoms with E-state index in [1.165, 1.54) is 24.4 Å². The van der Waals surface area contributed by atoms with E-state index >= 15 is 0 Å². The summed E-state index contributed by atoms with van der Waals surface area (Å²) in [5, 5.41) is 9.33. The maximum absolute atomic E-state index is 14.3. The van der Waals surface area contributed by atoms with Gasteiger partial charge in [0.1, 0.15) is 17.3 Å². The summed E-state index contributed by atoms with van der Waals surface area (Å²) in [6.45, 7) is 4.06. The lowest BCUT2D eigenvalue weighted by Crippen LogP contribution is -2.20. The van der Waals surface area contributed by atoms with E-state index in [0.29, 0.717) is 22.9 Å². The van der Waals surface area contributed by atoms with Crippen molar-refractivity contribution < 1.29 is 13.9 Å². The zero-order valence-corrected chi connectivity index (χ0v) is 18.4. The first kappa shape index (κ1) is 21.9. The van der Waals surface area contributed by atoms with Crippen molar-refractivity contribution in [2.75, 3.05) is 10.6 Å². The normalized spacial score (nSPS) is 10.8. The summed E-state index contributed by atoms with van der Waals surface area (Å²) in [6.07, 6.45) is 8.44. The molecule has 3 aromatic heterocycles. The van der Waals surface area contributed by atoms with Crippen LogP contribution in [0.5, 0.6) is 11.5 Å². The Bertz CT molecular complexity index is 1290. The van der Waals surface area contributed by atoms with Gasteiger partial charge in [-0.15, -0.1) is 0 Å². The van der Waals surface area contributed by atoms with Gasteiger partial charge in [0.25, 0.3) is 0 Å². The lowest BCUT2D eigenvalue weighted by molar-refractivity contribution is 0.262. The summed E-state index contributed by atoms with van der Waals surface area (Å²) >= 11 is 0. The molecule has 8 nitrogen and oxygen atoms in total. The first-order valence-corrected chi connectivity index (χ1v) is 10.3. The molecule has 0 saturated carbocycles. The Kier molecular flexibility index (Phi) is 6.30. The summed E-state index contributed by atoms with van der Waals surface area (Å²) in [6, 6.07) is 8.83. The second-order valence-electron chi connectivity index (χ2n) is 7.76. The van der Waals surface area contributed by atoms with Crippen LogP contribution in [0.3, 0.4) is 0 Å². The van der Waals surface area contributed by atoms with Gasteiger partial charge in [-0.2, -0.15) is 5.10 Å². The zero-order chi connectivity index (χ0) is 23.4. The van der Waals surface area contributed by atoms with Gasteiger partial charge in [-0.3, -0.25) is 14.6 Å². The number of amides is 2. The van der Waals surface area contributed by atoms with Gasteiger partial charge in [0.15, 0.2) is 0 Å². The standard InChI is InChI=1S/C24H23FN6O2/c1-15(2)16-8-18(13-26-11-16)29-24(32)30-23-10-19(4-5-21(23)25)33-20-6-7-27-22(9-20)17-12-28-31(3)14-17/h4-15H,1-3H3,(H2,29,30,32). The molecule has 0 fully saturated rings. The third-order valence-electron chi connectivity index (χ3n) is 4.84. The minimum Gasteiger partial charge on any atom is -0.457 e. The smallest absolute Gasteiger partial charge is 0.323 e. The van der Waals surface area contributed by atoms with Crippen LogP contribution in [0.2, 0.25) is 0 Å². The summed E-state index contributed by atoms with van der Waals surface area (Å²) in [5.41, 5.74) is 3.03. The monoisotopic (exact) mass is 446 g/mol. The molecule has 4 aromatic rings. The molecule has 0 aliphatic carbocycles. The number of nitrogens with one attached hydrogen (secondary N) is 2. The molecule has 168 valence electrons. The second kappa shape index (κ2) is 9.47. The minimum absolute atomic E-state index is 0.0143. The number of aromatic nitrogens is 4. The Morgan fingerprint density at radius 2 is 1.88 bits per heavy atom. The highest BCUT2D eigenvalue weighted by Gasteiger charge is 2.11. The van der Waals surface area contributed by atoms with E-state index in [0.717, 1.165) is 11.1 Å². The Labute approximate surface area is 190 Å². The third kappa shape index (κ3) is 5.51. The fourth-order valence-electron chi connectivity index (χ4n) is 3.11. The largest absolute Gasteiger partial charge is 0.457 e. The number of pyridine rings is 2. The van der Waals surface area contributed by atoms with Crippen molar-refractivity contribution in [3.05, 3.63) is 78.8 Å². The average molecular weight is 446 g/mol. The van der Waals surface area contributed by atoms with Crippen LogP contribution in [-0.2, 0) is 7.05 Å². The molecular weight excluding hydrogens is 423 g/mol. The molecule has 0 unspecified atom stereocenters. The van der Waals surface area contributed by atoms with Crippen LogP contribution in [-0.4, -0.2) is 25.8 Å². The van der Waals surface area contributed by atoms with E-state index in [2.05, 4.69) is 25.7 Å². The molecule has 33 heavy (non-hydrogen) atoms. The highest BCUT2D eigenvalue weighted by atomic mass is 19.1. The van der Waals surface area contributed by atoms with Crippen molar-refractivity contribution in [2.24, 2.45) is 7.05 Å². The second-order valence-corrected chi connectivity index (χ2v) is 7.76. The topological polar surface area (TPSA) is 94.0 Å². The summed E-state index contributed by atoms with van der Waals surface area (Å²) in [5.74, 6) is 0.554. The number of hydrogen-bond acceptors (Lipinski definition) is 5. The van der Waals surface area contributed by atoms with Crippen molar-refractivity contribution in [2.45, 2.75) is 19.8 Å². The van der Waals surface area contributed by atoms with Crippen molar-refractivity contribution in [1.82, 2.24) is 19.7 Å². The Morgan fingerprint density at radius 3 is 2.64 bits per heavy atom. The average Bonchev–Trinajstić information content (AvgIpc) is 3.23. The van der Waals surface area contributed by atoms with Gasteiger partial charge in [-0.1, -0.05) is 13.8 Å². The molecule has 0 saturated heterocycles. The van der Waals surface area contributed by atoms with Gasteiger partial charge in [0.2, 0.25) is 0 Å². The maximum atomic E-state index is 14.3. The molecule has 0 aliphatic heterocycles. The number of aryl methyl sites for hydroxylation is 1. The number of anilines is 2. The number of rotatable bonds is 6. The SMILES string of the molecule is CC(C)c1cncc(NC(=O)Nc2cc(Oc3ccnc(-c4cnn(C)c4)c3)ccc2F)c1. The van der Waals surface area contributed by atoms with Crippen LogP contribution in [0, 0.1) is 5.82 Å². The summed E-state index contributed by atoms with van der Waals surface area (Å²) in [7, 11) is 1.82. The van der Waals surface area contributed by atoms with E-state index < -0.39 is 11.8 Å². The van der Waals surface area contributed by atoms with Crippen molar-refractivity contribution in [3.8, 4) is 22.8 Å². The quantitative estimate of drug-likeness (QED) is 0.403. The predicted molar refractivity (Wildman–Crippen MR) is 124 cm³/mol. The Balaban J connectivity index is 1.47. The number of ether oxygens (including phenoxy) is 1. The van der Waals surface area contributed by atoms with Crippen molar-refractivity contribution in [1.29, 1.82) is 0 Å². The lowest BCUT2D eigenvalue weighted by atomic mass is 10.1. The van der Waals surface area contributed by atoms with Gasteiger partial charge >= 0.3 is 6.03 Å². The Morgan fingerprint density at radius 1 is 1.06 bits per heavy atom. The Hall–Kier alpha value is -4.27. The van der Waals surface area contributed by atoms with E-state index in [9.17, 15) is 9.18 Å². The summed E-state index contributed by atoms with van der Waals surface area (Å²) in [4.78, 5) is 20.9. The van der Waals surface area contributed by atoms with E-state index in [-0.39, 0.29) is 11.6 Å². The molecule has 2 N–H and O–H groups in total. The van der Waals surface area contributed by atoms with Gasteiger partial charge in [-0.05, 0) is 35.7 Å². The van der Waals surface area contributed by atoms with Gasteiger partial charge in [-0.25, -0.2) is 9.18 Å². The van der Waals surface area contributed by atoms with Crippen LogP contribution >= 0.6 is 0 Å². The summed E-state index contributed by atoms with van der Waals surface area (Å²) < 4.78 is 21.9. The van der Waals surface area contributed by atoms with Crippen LogP contribution < -0.4 is 15.4 Å². The van der Waals surface area contributed by atoms with Crippen molar-refractivity contribution >= 4 is 17.4 Å². The fraction of sp³-hybridized carbons (Fsp3) is 0.167.